The van der Waals surface area contributed by atoms with Crippen molar-refractivity contribution in [3.8, 4) is 17.1 Å². The molecule has 0 radical (unpaired) electrons. The van der Waals surface area contributed by atoms with Crippen molar-refractivity contribution in [3.05, 3.63) is 41.1 Å². The van der Waals surface area contributed by atoms with Crippen LogP contribution >= 0.6 is 27.7 Å². The summed E-state index contributed by atoms with van der Waals surface area (Å²) in [6.07, 6.45) is 11.1. The Labute approximate surface area is 176 Å². The molecule has 2 fully saturated rings. The molecule has 6 nitrogen and oxygen atoms in total. The van der Waals surface area contributed by atoms with Gasteiger partial charge in [0.05, 0.1) is 23.3 Å². The lowest BCUT2D eigenvalue weighted by atomic mass is 9.93. The standard InChI is InChI=1S/C20H21BrN6S/c1-28-19-22-9-4-15(23-19)16-13-27(25-24-16)17-3-2-14(21)12-18(17)26-10-7-20(5-6-20)8-11-26/h2-4,9,12-13H,5-8,10-11H2,1H3. The normalized spacial score (nSPS) is 17.9. The van der Waals surface area contributed by atoms with E-state index in [1.807, 2.05) is 23.2 Å². The number of hydrogen-bond donors (Lipinski definition) is 0. The Bertz CT molecular complexity index is 1010. The Morgan fingerprint density at radius 2 is 1.86 bits per heavy atom. The molecular weight excluding hydrogens is 436 g/mol. The maximum atomic E-state index is 4.54. The van der Waals surface area contributed by atoms with E-state index in [4.69, 9.17) is 0 Å². The SMILES string of the molecule is CSc1nccc(-c2cn(-c3ccc(Br)cc3N3CCC4(CC3)CC4)nn2)n1. The third kappa shape index (κ3) is 3.43. The van der Waals surface area contributed by atoms with Gasteiger partial charge in [0.1, 0.15) is 5.69 Å². The van der Waals surface area contributed by atoms with Gasteiger partial charge < -0.3 is 4.90 Å². The lowest BCUT2D eigenvalue weighted by Crippen LogP contribution is -2.35. The second-order valence-electron chi connectivity index (χ2n) is 7.60. The van der Waals surface area contributed by atoms with Gasteiger partial charge >= 0.3 is 0 Å². The zero-order valence-corrected chi connectivity index (χ0v) is 18.1. The van der Waals surface area contributed by atoms with Crippen molar-refractivity contribution in [1.29, 1.82) is 0 Å². The number of halogens is 1. The van der Waals surface area contributed by atoms with Crippen LogP contribution in [0.5, 0.6) is 0 Å². The highest BCUT2D eigenvalue weighted by Crippen LogP contribution is 2.54. The van der Waals surface area contributed by atoms with E-state index < -0.39 is 0 Å². The van der Waals surface area contributed by atoms with Crippen molar-refractivity contribution in [2.45, 2.75) is 30.8 Å². The highest BCUT2D eigenvalue weighted by Gasteiger charge is 2.44. The van der Waals surface area contributed by atoms with Crippen molar-refractivity contribution in [1.82, 2.24) is 25.0 Å². The molecule has 0 bridgehead atoms. The van der Waals surface area contributed by atoms with E-state index in [2.05, 4.69) is 59.3 Å². The van der Waals surface area contributed by atoms with E-state index in [1.54, 1.807) is 6.20 Å². The summed E-state index contributed by atoms with van der Waals surface area (Å²) < 4.78 is 2.94. The van der Waals surface area contributed by atoms with Gasteiger partial charge in [-0.15, -0.1) is 5.10 Å². The summed E-state index contributed by atoms with van der Waals surface area (Å²) in [5.74, 6) is 0. The number of hydrogen-bond acceptors (Lipinski definition) is 6. The van der Waals surface area contributed by atoms with Gasteiger partial charge in [-0.05, 0) is 61.6 Å². The molecule has 1 spiro atoms. The molecular formula is C20H21BrN6S. The van der Waals surface area contributed by atoms with Crippen LogP contribution in [0, 0.1) is 5.41 Å². The molecule has 0 N–H and O–H groups in total. The highest BCUT2D eigenvalue weighted by atomic mass is 79.9. The van der Waals surface area contributed by atoms with Crippen LogP contribution < -0.4 is 4.90 Å². The van der Waals surface area contributed by atoms with Crippen molar-refractivity contribution in [3.63, 3.8) is 0 Å². The van der Waals surface area contributed by atoms with Crippen molar-refractivity contribution >= 4 is 33.4 Å². The molecule has 1 saturated carbocycles. The first-order valence-corrected chi connectivity index (χ1v) is 11.5. The fourth-order valence-electron chi connectivity index (χ4n) is 3.92. The van der Waals surface area contributed by atoms with Gasteiger partial charge in [-0.25, -0.2) is 14.6 Å². The summed E-state index contributed by atoms with van der Waals surface area (Å²) in [6, 6.07) is 8.23. The second-order valence-corrected chi connectivity index (χ2v) is 9.29. The Morgan fingerprint density at radius 3 is 2.61 bits per heavy atom. The molecule has 28 heavy (non-hydrogen) atoms. The molecule has 1 aliphatic carbocycles. The molecule has 3 heterocycles. The Balaban J connectivity index is 1.47. The van der Waals surface area contributed by atoms with Crippen molar-refractivity contribution < 1.29 is 0 Å². The van der Waals surface area contributed by atoms with Gasteiger partial charge in [0, 0.05) is 23.8 Å². The molecule has 0 atom stereocenters. The Morgan fingerprint density at radius 1 is 1.04 bits per heavy atom. The quantitative estimate of drug-likeness (QED) is 0.422. The van der Waals surface area contributed by atoms with Gasteiger partial charge in [0.2, 0.25) is 0 Å². The minimum Gasteiger partial charge on any atom is -0.370 e. The average Bonchev–Trinajstić information content (AvgIpc) is 3.30. The Hall–Kier alpha value is -1.93. The average molecular weight is 457 g/mol. The zero-order valence-electron chi connectivity index (χ0n) is 15.7. The largest absolute Gasteiger partial charge is 0.370 e. The summed E-state index contributed by atoms with van der Waals surface area (Å²) in [6.45, 7) is 2.21. The molecule has 2 aliphatic rings. The van der Waals surface area contributed by atoms with E-state index >= 15 is 0 Å². The minimum atomic E-state index is 0.658. The van der Waals surface area contributed by atoms with Crippen LogP contribution in [0.3, 0.4) is 0 Å². The molecule has 8 heteroatoms. The lowest BCUT2D eigenvalue weighted by Gasteiger charge is -2.35. The number of piperidine rings is 1. The van der Waals surface area contributed by atoms with Crippen molar-refractivity contribution in [2.75, 3.05) is 24.2 Å². The van der Waals surface area contributed by atoms with Crippen LogP contribution in [-0.2, 0) is 0 Å². The number of nitrogens with zero attached hydrogens (tertiary/aromatic N) is 6. The van der Waals surface area contributed by atoms with Crippen LogP contribution in [0.1, 0.15) is 25.7 Å². The van der Waals surface area contributed by atoms with E-state index in [0.717, 1.165) is 39.8 Å². The molecule has 1 saturated heterocycles. The minimum absolute atomic E-state index is 0.658. The van der Waals surface area contributed by atoms with Crippen LogP contribution in [0.25, 0.3) is 17.1 Å². The topological polar surface area (TPSA) is 59.7 Å². The summed E-state index contributed by atoms with van der Waals surface area (Å²) in [5, 5.41) is 9.50. The van der Waals surface area contributed by atoms with Gasteiger partial charge in [-0.1, -0.05) is 32.9 Å². The molecule has 1 aliphatic heterocycles. The van der Waals surface area contributed by atoms with E-state index in [0.29, 0.717) is 5.41 Å². The van der Waals surface area contributed by atoms with E-state index in [-0.39, 0.29) is 0 Å². The first-order valence-electron chi connectivity index (χ1n) is 9.50. The summed E-state index contributed by atoms with van der Waals surface area (Å²) >= 11 is 5.16. The lowest BCUT2D eigenvalue weighted by molar-refractivity contribution is 0.384. The Kier molecular flexibility index (Phi) is 4.63. The summed E-state index contributed by atoms with van der Waals surface area (Å²) in [4.78, 5) is 11.3. The van der Waals surface area contributed by atoms with Crippen LogP contribution in [0.4, 0.5) is 5.69 Å². The number of aromatic nitrogens is 5. The maximum Gasteiger partial charge on any atom is 0.187 e. The molecule has 0 amide bonds. The third-order valence-corrected chi connectivity index (χ3v) is 6.93. The molecule has 5 rings (SSSR count). The van der Waals surface area contributed by atoms with Gasteiger partial charge in [-0.2, -0.15) is 0 Å². The van der Waals surface area contributed by atoms with E-state index in [9.17, 15) is 0 Å². The zero-order chi connectivity index (χ0) is 19.1. The first kappa shape index (κ1) is 18.1. The van der Waals surface area contributed by atoms with Gasteiger partial charge in [0.15, 0.2) is 5.16 Å². The smallest absolute Gasteiger partial charge is 0.187 e. The van der Waals surface area contributed by atoms with Crippen LogP contribution in [0.2, 0.25) is 0 Å². The summed E-state index contributed by atoms with van der Waals surface area (Å²) in [7, 11) is 0. The van der Waals surface area contributed by atoms with Gasteiger partial charge in [-0.3, -0.25) is 0 Å². The van der Waals surface area contributed by atoms with E-state index in [1.165, 1.54) is 43.1 Å². The number of anilines is 1. The maximum absolute atomic E-state index is 4.54. The van der Waals surface area contributed by atoms with Crippen LogP contribution in [-0.4, -0.2) is 44.3 Å². The van der Waals surface area contributed by atoms with Gasteiger partial charge in [0.25, 0.3) is 0 Å². The van der Waals surface area contributed by atoms with Crippen molar-refractivity contribution in [2.24, 2.45) is 5.41 Å². The molecule has 2 aromatic heterocycles. The molecule has 144 valence electrons. The third-order valence-electron chi connectivity index (χ3n) is 5.88. The predicted molar refractivity (Wildman–Crippen MR) is 115 cm³/mol. The number of rotatable bonds is 4. The molecule has 0 unspecified atom stereocenters. The monoisotopic (exact) mass is 456 g/mol. The fourth-order valence-corrected chi connectivity index (χ4v) is 4.63. The number of benzene rings is 1. The van der Waals surface area contributed by atoms with Crippen LogP contribution in [0.15, 0.2) is 46.3 Å². The molecule has 1 aromatic carbocycles. The number of thioether (sulfide) groups is 1. The predicted octanol–water partition coefficient (Wildman–Crippen LogP) is 4.59. The highest BCUT2D eigenvalue weighted by molar-refractivity contribution is 9.10. The first-order chi connectivity index (χ1) is 13.7. The fraction of sp³-hybridized carbons (Fsp3) is 0.400. The second kappa shape index (κ2) is 7.15. The molecule has 3 aromatic rings. The summed E-state index contributed by atoms with van der Waals surface area (Å²) in [5.41, 5.74) is 4.45.